The molecule has 0 aliphatic carbocycles. The molecule has 8 heteroatoms. The standard InChI is InChI=1S/C19H17BrN2O5/c1-19(2,3)27-17(23)14-5-4-12(20)9-15(14)26-13-8-11-6-7-22(18(24)25)16(11)21-10-13/h4-10H,1-3H3,(H,24,25). The lowest BCUT2D eigenvalue weighted by molar-refractivity contribution is 0.00671. The minimum Gasteiger partial charge on any atom is -0.464 e. The van der Waals surface area contributed by atoms with Crippen molar-refractivity contribution in [1.82, 2.24) is 9.55 Å². The molecule has 0 aliphatic rings. The van der Waals surface area contributed by atoms with Crippen molar-refractivity contribution in [3.63, 3.8) is 0 Å². The van der Waals surface area contributed by atoms with Gasteiger partial charge in [-0.15, -0.1) is 0 Å². The second-order valence-electron chi connectivity index (χ2n) is 6.80. The number of aromatic nitrogens is 2. The van der Waals surface area contributed by atoms with Crippen LogP contribution in [-0.2, 0) is 4.74 Å². The van der Waals surface area contributed by atoms with Crippen LogP contribution in [0.1, 0.15) is 31.1 Å². The van der Waals surface area contributed by atoms with Crippen LogP contribution in [0.3, 0.4) is 0 Å². The lowest BCUT2D eigenvalue weighted by Gasteiger charge is -2.20. The van der Waals surface area contributed by atoms with E-state index in [0.29, 0.717) is 22.5 Å². The third kappa shape index (κ3) is 4.28. The first-order chi connectivity index (χ1) is 12.6. The zero-order chi connectivity index (χ0) is 19.8. The van der Waals surface area contributed by atoms with E-state index >= 15 is 0 Å². The third-order valence-electron chi connectivity index (χ3n) is 3.50. The van der Waals surface area contributed by atoms with E-state index in [1.807, 2.05) is 0 Å². The quantitative estimate of drug-likeness (QED) is 0.580. The highest BCUT2D eigenvalue weighted by Crippen LogP contribution is 2.31. The van der Waals surface area contributed by atoms with Gasteiger partial charge in [-0.1, -0.05) is 15.9 Å². The van der Waals surface area contributed by atoms with Crippen molar-refractivity contribution in [3.05, 3.63) is 52.8 Å². The Morgan fingerprint density at radius 2 is 1.93 bits per heavy atom. The molecule has 0 atom stereocenters. The van der Waals surface area contributed by atoms with Crippen LogP contribution in [0.2, 0.25) is 0 Å². The monoisotopic (exact) mass is 432 g/mol. The second kappa shape index (κ2) is 7.03. The van der Waals surface area contributed by atoms with E-state index in [4.69, 9.17) is 14.6 Å². The highest BCUT2D eigenvalue weighted by atomic mass is 79.9. The van der Waals surface area contributed by atoms with Crippen molar-refractivity contribution in [1.29, 1.82) is 0 Å². The maximum Gasteiger partial charge on any atom is 0.417 e. The Kier molecular flexibility index (Phi) is 4.93. The van der Waals surface area contributed by atoms with Crippen molar-refractivity contribution in [2.45, 2.75) is 26.4 Å². The molecular weight excluding hydrogens is 416 g/mol. The summed E-state index contributed by atoms with van der Waals surface area (Å²) >= 11 is 3.36. The predicted octanol–water partition coefficient (Wildman–Crippen LogP) is 5.07. The summed E-state index contributed by atoms with van der Waals surface area (Å²) in [6.45, 7) is 5.36. The number of ether oxygens (including phenoxy) is 2. The smallest absolute Gasteiger partial charge is 0.417 e. The first kappa shape index (κ1) is 18.9. The van der Waals surface area contributed by atoms with Gasteiger partial charge in [0.2, 0.25) is 0 Å². The van der Waals surface area contributed by atoms with E-state index in [-0.39, 0.29) is 5.56 Å². The summed E-state index contributed by atoms with van der Waals surface area (Å²) in [5.41, 5.74) is -0.0606. The summed E-state index contributed by atoms with van der Waals surface area (Å²) in [5, 5.41) is 9.73. The van der Waals surface area contributed by atoms with Gasteiger partial charge >= 0.3 is 12.1 Å². The van der Waals surface area contributed by atoms with Crippen molar-refractivity contribution in [2.75, 3.05) is 0 Å². The van der Waals surface area contributed by atoms with Gasteiger partial charge in [-0.2, -0.15) is 0 Å². The number of carbonyl (C=O) groups is 2. The summed E-state index contributed by atoms with van der Waals surface area (Å²) in [7, 11) is 0. The minimum absolute atomic E-state index is 0.274. The van der Waals surface area contributed by atoms with Gasteiger partial charge in [0, 0.05) is 16.1 Å². The molecule has 3 rings (SSSR count). The maximum atomic E-state index is 12.5. The molecule has 1 aromatic carbocycles. The molecule has 0 amide bonds. The summed E-state index contributed by atoms with van der Waals surface area (Å²) in [5.74, 6) is 0.169. The fourth-order valence-electron chi connectivity index (χ4n) is 2.42. The Bertz CT molecular complexity index is 1040. The zero-order valence-corrected chi connectivity index (χ0v) is 16.5. The van der Waals surface area contributed by atoms with Gasteiger partial charge in [0.15, 0.2) is 0 Å². The number of rotatable bonds is 3. The summed E-state index contributed by atoms with van der Waals surface area (Å²) in [6, 6.07) is 8.27. The molecule has 0 saturated carbocycles. The van der Waals surface area contributed by atoms with Gasteiger partial charge in [0.25, 0.3) is 0 Å². The van der Waals surface area contributed by atoms with E-state index in [2.05, 4.69) is 20.9 Å². The van der Waals surface area contributed by atoms with Gasteiger partial charge in [-0.3, -0.25) is 0 Å². The molecule has 0 saturated heterocycles. The SMILES string of the molecule is CC(C)(C)OC(=O)c1ccc(Br)cc1Oc1cnc2c(ccn2C(=O)O)c1. The van der Waals surface area contributed by atoms with E-state index < -0.39 is 17.7 Å². The molecule has 0 spiro atoms. The number of hydrogen-bond acceptors (Lipinski definition) is 5. The number of hydrogen-bond donors (Lipinski definition) is 1. The molecule has 2 heterocycles. The molecule has 2 aromatic heterocycles. The minimum atomic E-state index is -1.12. The molecular formula is C19H17BrN2O5. The molecule has 7 nitrogen and oxygen atoms in total. The number of halogens is 1. The fraction of sp³-hybridized carbons (Fsp3) is 0.211. The molecule has 3 aromatic rings. The number of nitrogens with zero attached hydrogens (tertiary/aromatic N) is 2. The van der Waals surface area contributed by atoms with Gasteiger partial charge in [-0.05, 0) is 51.1 Å². The van der Waals surface area contributed by atoms with E-state index in [9.17, 15) is 9.59 Å². The molecule has 0 radical (unpaired) electrons. The second-order valence-corrected chi connectivity index (χ2v) is 7.71. The van der Waals surface area contributed by atoms with Crippen molar-refractivity contribution in [3.8, 4) is 11.5 Å². The van der Waals surface area contributed by atoms with Gasteiger partial charge in [0.05, 0.1) is 6.20 Å². The van der Waals surface area contributed by atoms with Crippen molar-refractivity contribution < 1.29 is 24.2 Å². The zero-order valence-electron chi connectivity index (χ0n) is 14.9. The lowest BCUT2D eigenvalue weighted by Crippen LogP contribution is -2.24. The van der Waals surface area contributed by atoms with Crippen LogP contribution in [0.5, 0.6) is 11.5 Å². The maximum absolute atomic E-state index is 12.5. The number of fused-ring (bicyclic) bond motifs is 1. The molecule has 0 aliphatic heterocycles. The topological polar surface area (TPSA) is 90.7 Å². The van der Waals surface area contributed by atoms with Crippen LogP contribution in [0.15, 0.2) is 47.2 Å². The van der Waals surface area contributed by atoms with Crippen LogP contribution in [-0.4, -0.2) is 32.3 Å². The number of esters is 1. The largest absolute Gasteiger partial charge is 0.464 e. The Morgan fingerprint density at radius 1 is 1.19 bits per heavy atom. The third-order valence-corrected chi connectivity index (χ3v) is 3.99. The summed E-state index contributed by atoms with van der Waals surface area (Å²) in [6.07, 6.45) is 1.70. The average Bonchev–Trinajstić information content (AvgIpc) is 2.96. The van der Waals surface area contributed by atoms with Crippen LogP contribution in [0.4, 0.5) is 4.79 Å². The van der Waals surface area contributed by atoms with Crippen molar-refractivity contribution >= 4 is 39.0 Å². The van der Waals surface area contributed by atoms with Crippen LogP contribution < -0.4 is 4.74 Å². The normalized spacial score (nSPS) is 11.4. The van der Waals surface area contributed by atoms with Gasteiger partial charge < -0.3 is 14.6 Å². The number of carboxylic acid groups (broad SMARTS) is 1. The van der Waals surface area contributed by atoms with Crippen LogP contribution in [0, 0.1) is 0 Å². The molecule has 0 unspecified atom stereocenters. The lowest BCUT2D eigenvalue weighted by atomic mass is 10.1. The van der Waals surface area contributed by atoms with Crippen LogP contribution >= 0.6 is 15.9 Å². The molecule has 1 N–H and O–H groups in total. The fourth-order valence-corrected chi connectivity index (χ4v) is 2.76. The Morgan fingerprint density at radius 3 is 2.59 bits per heavy atom. The molecule has 140 valence electrons. The highest BCUT2D eigenvalue weighted by Gasteiger charge is 2.22. The summed E-state index contributed by atoms with van der Waals surface area (Å²) < 4.78 is 13.0. The highest BCUT2D eigenvalue weighted by molar-refractivity contribution is 9.10. The Labute approximate surface area is 163 Å². The Balaban J connectivity index is 1.95. The van der Waals surface area contributed by atoms with Gasteiger partial charge in [-0.25, -0.2) is 19.1 Å². The first-order valence-electron chi connectivity index (χ1n) is 8.05. The van der Waals surface area contributed by atoms with E-state index in [1.54, 1.807) is 51.1 Å². The molecule has 27 heavy (non-hydrogen) atoms. The van der Waals surface area contributed by atoms with E-state index in [1.165, 1.54) is 12.4 Å². The number of carbonyl (C=O) groups excluding carboxylic acids is 1. The van der Waals surface area contributed by atoms with E-state index in [0.717, 1.165) is 9.04 Å². The predicted molar refractivity (Wildman–Crippen MR) is 103 cm³/mol. The number of pyridine rings is 1. The van der Waals surface area contributed by atoms with Crippen LogP contribution in [0.25, 0.3) is 11.0 Å². The summed E-state index contributed by atoms with van der Waals surface area (Å²) in [4.78, 5) is 27.8. The first-order valence-corrected chi connectivity index (χ1v) is 8.84. The van der Waals surface area contributed by atoms with Gasteiger partial charge in [0.1, 0.15) is 28.3 Å². The Hall–Kier alpha value is -2.87. The number of benzene rings is 1. The average molecular weight is 433 g/mol. The van der Waals surface area contributed by atoms with Crippen molar-refractivity contribution in [2.24, 2.45) is 0 Å². The molecule has 0 fully saturated rings. The molecule has 0 bridgehead atoms.